The van der Waals surface area contributed by atoms with Gasteiger partial charge in [-0.15, -0.1) is 0 Å². The highest BCUT2D eigenvalue weighted by atomic mass is 32.1. The molecule has 0 aliphatic rings. The van der Waals surface area contributed by atoms with Gasteiger partial charge in [0.05, 0.1) is 12.1 Å². The van der Waals surface area contributed by atoms with Gasteiger partial charge in [0.15, 0.2) is 5.11 Å². The second-order valence-electron chi connectivity index (χ2n) is 7.67. The monoisotopic (exact) mass is 438 g/mol. The highest BCUT2D eigenvalue weighted by Gasteiger charge is 2.14. The van der Waals surface area contributed by atoms with Gasteiger partial charge in [-0.1, -0.05) is 17.7 Å². The Labute approximate surface area is 188 Å². The Morgan fingerprint density at radius 1 is 1.26 bits per heavy atom. The number of aryl methyl sites for hydroxylation is 2. The molecular weight excluding hydrogens is 408 g/mol. The van der Waals surface area contributed by atoms with Gasteiger partial charge in [0.1, 0.15) is 0 Å². The van der Waals surface area contributed by atoms with Crippen LogP contribution >= 0.6 is 12.2 Å². The number of H-pyrrole nitrogens is 1. The zero-order valence-corrected chi connectivity index (χ0v) is 19.2. The first-order valence-electron chi connectivity index (χ1n) is 10.6. The third-order valence-corrected chi connectivity index (χ3v) is 5.46. The number of nitrogens with zero attached hydrogens (tertiary/aromatic N) is 2. The van der Waals surface area contributed by atoms with Gasteiger partial charge in [0, 0.05) is 44.3 Å². The number of pyridine rings is 2. The van der Waals surface area contributed by atoms with Crippen LogP contribution in [-0.2, 0) is 17.8 Å². The van der Waals surface area contributed by atoms with Crippen molar-refractivity contribution in [3.8, 4) is 0 Å². The highest BCUT2D eigenvalue weighted by molar-refractivity contribution is 7.80. The first-order valence-corrected chi connectivity index (χ1v) is 11.0. The number of thiocarbonyl (C=S) groups is 1. The van der Waals surface area contributed by atoms with Crippen molar-refractivity contribution >= 4 is 28.2 Å². The molecule has 2 N–H and O–H groups in total. The molecule has 0 atom stereocenters. The topological polar surface area (TPSA) is 70.2 Å². The Morgan fingerprint density at radius 2 is 2.10 bits per heavy atom. The van der Waals surface area contributed by atoms with E-state index in [4.69, 9.17) is 17.0 Å². The summed E-state index contributed by atoms with van der Waals surface area (Å²) in [6.45, 7) is 9.15. The maximum absolute atomic E-state index is 12.8. The van der Waals surface area contributed by atoms with Gasteiger partial charge in [-0.2, -0.15) is 0 Å². The molecule has 164 valence electrons. The number of hydrogen-bond donors (Lipinski definition) is 2. The lowest BCUT2D eigenvalue weighted by atomic mass is 10.1. The smallest absolute Gasteiger partial charge is 0.253 e. The Morgan fingerprint density at radius 3 is 2.84 bits per heavy atom. The number of nitrogens with one attached hydrogen (secondary N) is 2. The fourth-order valence-corrected chi connectivity index (χ4v) is 3.82. The number of aromatic amines is 1. The van der Waals surface area contributed by atoms with Crippen molar-refractivity contribution in [2.45, 2.75) is 40.3 Å². The summed E-state index contributed by atoms with van der Waals surface area (Å²) in [4.78, 5) is 22.1. The van der Waals surface area contributed by atoms with E-state index in [1.54, 1.807) is 6.20 Å². The quantitative estimate of drug-likeness (QED) is 0.391. The number of aromatic nitrogens is 2. The third-order valence-electron chi connectivity index (χ3n) is 5.06. The molecule has 6 nitrogen and oxygen atoms in total. The first-order chi connectivity index (χ1) is 15.0. The Bertz CT molecular complexity index is 1080. The standard InChI is InChI=1S/C24H30N4O2S/c1-4-30-10-6-9-26-24(31)28(15-19-7-5-8-25-14-19)16-21-13-20-12-17(2)11-18(3)22(20)27-23(21)29/h5,7-8,11-14H,4,6,9-10,15-16H2,1-3H3,(H,26,31)(H,27,29). The van der Waals surface area contributed by atoms with Crippen LogP contribution in [0.15, 0.2) is 47.5 Å². The van der Waals surface area contributed by atoms with Crippen LogP contribution in [0.3, 0.4) is 0 Å². The van der Waals surface area contributed by atoms with E-state index < -0.39 is 0 Å². The fraction of sp³-hybridized carbons (Fsp3) is 0.375. The summed E-state index contributed by atoms with van der Waals surface area (Å²) >= 11 is 5.67. The van der Waals surface area contributed by atoms with Gasteiger partial charge >= 0.3 is 0 Å². The molecular formula is C24H30N4O2S. The minimum atomic E-state index is -0.0882. The summed E-state index contributed by atoms with van der Waals surface area (Å²) in [5.41, 5.74) is 4.74. The van der Waals surface area contributed by atoms with Gasteiger partial charge in [-0.3, -0.25) is 9.78 Å². The van der Waals surface area contributed by atoms with Crippen LogP contribution in [0.25, 0.3) is 10.9 Å². The first kappa shape index (κ1) is 22.9. The van der Waals surface area contributed by atoms with Gasteiger partial charge < -0.3 is 19.9 Å². The molecule has 0 radical (unpaired) electrons. The largest absolute Gasteiger partial charge is 0.382 e. The average molecular weight is 439 g/mol. The number of rotatable bonds is 9. The Hall–Kier alpha value is -2.77. The molecule has 0 bridgehead atoms. The second kappa shape index (κ2) is 11.0. The van der Waals surface area contributed by atoms with Crippen LogP contribution in [0.1, 0.15) is 35.6 Å². The minimum absolute atomic E-state index is 0.0882. The van der Waals surface area contributed by atoms with Crippen LogP contribution in [0.2, 0.25) is 0 Å². The maximum Gasteiger partial charge on any atom is 0.253 e. The average Bonchev–Trinajstić information content (AvgIpc) is 2.75. The lowest BCUT2D eigenvalue weighted by Crippen LogP contribution is -2.40. The molecule has 0 aliphatic carbocycles. The molecule has 0 amide bonds. The molecule has 0 fully saturated rings. The van der Waals surface area contributed by atoms with E-state index in [9.17, 15) is 4.79 Å². The van der Waals surface area contributed by atoms with E-state index in [-0.39, 0.29) is 5.56 Å². The highest BCUT2D eigenvalue weighted by Crippen LogP contribution is 2.19. The van der Waals surface area contributed by atoms with Crippen molar-refractivity contribution in [3.63, 3.8) is 0 Å². The van der Waals surface area contributed by atoms with E-state index >= 15 is 0 Å². The molecule has 0 saturated carbocycles. The van der Waals surface area contributed by atoms with E-state index in [1.165, 1.54) is 5.56 Å². The molecule has 31 heavy (non-hydrogen) atoms. The maximum atomic E-state index is 12.8. The molecule has 0 aliphatic heterocycles. The van der Waals surface area contributed by atoms with Crippen LogP contribution in [-0.4, -0.2) is 39.7 Å². The number of fused-ring (bicyclic) bond motifs is 1. The SMILES string of the molecule is CCOCCCNC(=S)N(Cc1cccnc1)Cc1cc2cc(C)cc(C)c2[nH]c1=O. The zero-order chi connectivity index (χ0) is 22.2. The summed E-state index contributed by atoms with van der Waals surface area (Å²) in [7, 11) is 0. The van der Waals surface area contributed by atoms with Crippen molar-refractivity contribution in [1.82, 2.24) is 20.2 Å². The van der Waals surface area contributed by atoms with Gasteiger partial charge in [0.2, 0.25) is 0 Å². The van der Waals surface area contributed by atoms with Gasteiger partial charge in [-0.05, 0) is 74.1 Å². The Kier molecular flexibility index (Phi) is 8.14. The Balaban J connectivity index is 1.82. The normalized spacial score (nSPS) is 10.9. The fourth-order valence-electron chi connectivity index (χ4n) is 3.59. The number of benzene rings is 1. The molecule has 3 rings (SSSR count). The van der Waals surface area contributed by atoms with Crippen LogP contribution in [0.5, 0.6) is 0 Å². The second-order valence-corrected chi connectivity index (χ2v) is 8.06. The van der Waals surface area contributed by atoms with Gasteiger partial charge in [-0.25, -0.2) is 0 Å². The number of ether oxygens (including phenoxy) is 1. The summed E-state index contributed by atoms with van der Waals surface area (Å²) in [6.07, 6.45) is 4.43. The summed E-state index contributed by atoms with van der Waals surface area (Å²) in [6, 6.07) is 10.1. The predicted octanol–water partition coefficient (Wildman–Crippen LogP) is 3.84. The molecule has 0 saturated heterocycles. The zero-order valence-electron chi connectivity index (χ0n) is 18.4. The lowest BCUT2D eigenvalue weighted by molar-refractivity contribution is 0.145. The molecule has 1 aromatic carbocycles. The lowest BCUT2D eigenvalue weighted by Gasteiger charge is -2.26. The summed E-state index contributed by atoms with van der Waals surface area (Å²) in [5, 5.41) is 4.94. The van der Waals surface area contributed by atoms with E-state index in [0.717, 1.165) is 35.0 Å². The van der Waals surface area contributed by atoms with Crippen molar-refractivity contribution < 1.29 is 4.74 Å². The van der Waals surface area contributed by atoms with Crippen molar-refractivity contribution in [3.05, 3.63) is 75.3 Å². The number of hydrogen-bond acceptors (Lipinski definition) is 4. The van der Waals surface area contributed by atoms with Crippen LogP contribution < -0.4 is 10.9 Å². The van der Waals surface area contributed by atoms with E-state index in [2.05, 4.69) is 34.3 Å². The molecule has 2 aromatic heterocycles. The van der Waals surface area contributed by atoms with Crippen molar-refractivity contribution in [2.24, 2.45) is 0 Å². The van der Waals surface area contributed by atoms with Crippen LogP contribution in [0.4, 0.5) is 0 Å². The molecule has 0 unspecified atom stereocenters. The predicted molar refractivity (Wildman–Crippen MR) is 129 cm³/mol. The van der Waals surface area contributed by atoms with E-state index in [1.807, 2.05) is 43.1 Å². The molecule has 2 heterocycles. The molecule has 0 spiro atoms. The molecule has 7 heteroatoms. The minimum Gasteiger partial charge on any atom is -0.382 e. The molecule has 3 aromatic rings. The van der Waals surface area contributed by atoms with Gasteiger partial charge in [0.25, 0.3) is 5.56 Å². The van der Waals surface area contributed by atoms with E-state index in [0.29, 0.717) is 37.0 Å². The van der Waals surface area contributed by atoms with Crippen molar-refractivity contribution in [1.29, 1.82) is 0 Å². The van der Waals surface area contributed by atoms with Crippen molar-refractivity contribution in [2.75, 3.05) is 19.8 Å². The van der Waals surface area contributed by atoms with Crippen LogP contribution in [0, 0.1) is 13.8 Å². The summed E-state index contributed by atoms with van der Waals surface area (Å²) < 4.78 is 5.39. The summed E-state index contributed by atoms with van der Waals surface area (Å²) in [5.74, 6) is 0. The third kappa shape index (κ3) is 6.35.